The molecule has 0 unspecified atom stereocenters. The molecule has 0 atom stereocenters. The van der Waals surface area contributed by atoms with Gasteiger partial charge in [-0.25, -0.2) is 17.1 Å². The van der Waals surface area contributed by atoms with Crippen LogP contribution in [0.25, 0.3) is 6.08 Å². The van der Waals surface area contributed by atoms with Gasteiger partial charge in [-0.2, -0.15) is 0 Å². The van der Waals surface area contributed by atoms with Gasteiger partial charge in [0.1, 0.15) is 12.2 Å². The van der Waals surface area contributed by atoms with Crippen LogP contribution >= 0.6 is 0 Å². The first-order chi connectivity index (χ1) is 15.2. The summed E-state index contributed by atoms with van der Waals surface area (Å²) in [4.78, 5) is 27.3. The lowest BCUT2D eigenvalue weighted by Gasteiger charge is -2.28. The summed E-state index contributed by atoms with van der Waals surface area (Å²) in [5.74, 6) is -1.63. The zero-order valence-corrected chi connectivity index (χ0v) is 19.0. The summed E-state index contributed by atoms with van der Waals surface area (Å²) < 4.78 is 40.0. The third-order valence-corrected chi connectivity index (χ3v) is 6.58. The molecule has 0 bridgehead atoms. The molecule has 1 aliphatic rings. The Bertz CT molecular complexity index is 1080. The van der Waals surface area contributed by atoms with Crippen LogP contribution in [0.15, 0.2) is 60.0 Å². The largest absolute Gasteiger partial charge is 0.309 e. The van der Waals surface area contributed by atoms with Gasteiger partial charge in [0.15, 0.2) is 0 Å². The molecule has 6 nitrogen and oxygen atoms in total. The summed E-state index contributed by atoms with van der Waals surface area (Å²) in [5, 5.41) is 1.01. The van der Waals surface area contributed by atoms with Gasteiger partial charge in [-0.3, -0.25) is 9.59 Å². The van der Waals surface area contributed by atoms with Crippen LogP contribution in [0.4, 0.5) is 10.1 Å². The van der Waals surface area contributed by atoms with E-state index in [2.05, 4.69) is 0 Å². The molecule has 8 heteroatoms. The second-order valence-corrected chi connectivity index (χ2v) is 9.88. The van der Waals surface area contributed by atoms with E-state index in [0.29, 0.717) is 11.3 Å². The quantitative estimate of drug-likeness (QED) is 0.528. The molecule has 170 valence electrons. The third-order valence-electron chi connectivity index (χ3n) is 5.13. The van der Waals surface area contributed by atoms with Crippen LogP contribution in [0.5, 0.6) is 0 Å². The van der Waals surface area contributed by atoms with Crippen molar-refractivity contribution >= 4 is 33.6 Å². The van der Waals surface area contributed by atoms with E-state index in [1.807, 2.05) is 6.07 Å². The lowest BCUT2D eigenvalue weighted by Crippen LogP contribution is -2.43. The number of sulfonamides is 1. The molecule has 2 amide bonds. The molecule has 0 radical (unpaired) electrons. The normalized spacial score (nSPS) is 14.0. The van der Waals surface area contributed by atoms with Crippen LogP contribution in [-0.2, 0) is 19.6 Å². The molecule has 2 aromatic carbocycles. The number of hydrogen-bond acceptors (Lipinski definition) is 4. The van der Waals surface area contributed by atoms with Crippen molar-refractivity contribution in [1.82, 2.24) is 4.31 Å². The Morgan fingerprint density at radius 3 is 2.22 bits per heavy atom. The second-order valence-electron chi connectivity index (χ2n) is 8.14. The Hall–Kier alpha value is -3.00. The minimum atomic E-state index is -4.05. The number of rotatable bonds is 9. The molecule has 32 heavy (non-hydrogen) atoms. The molecule has 0 N–H and O–H groups in total. The van der Waals surface area contributed by atoms with E-state index in [-0.39, 0.29) is 18.5 Å². The maximum atomic E-state index is 13.3. The Labute approximate surface area is 188 Å². The SMILES string of the molecule is CC(C)N(C(=O)CC(=O)N(CC1CC1)S(=O)(=O)/C=C/c1ccccc1)c1ccc(F)cc1. The van der Waals surface area contributed by atoms with E-state index in [4.69, 9.17) is 0 Å². The smallest absolute Gasteiger partial charge is 0.259 e. The lowest BCUT2D eigenvalue weighted by molar-refractivity contribution is -0.131. The van der Waals surface area contributed by atoms with Crippen molar-refractivity contribution in [2.75, 3.05) is 11.4 Å². The highest BCUT2D eigenvalue weighted by Gasteiger charge is 2.34. The Morgan fingerprint density at radius 1 is 1.03 bits per heavy atom. The molecule has 0 aromatic heterocycles. The first-order valence-corrected chi connectivity index (χ1v) is 12.0. The van der Waals surface area contributed by atoms with Gasteiger partial charge < -0.3 is 4.90 Å². The maximum Gasteiger partial charge on any atom is 0.259 e. The highest BCUT2D eigenvalue weighted by atomic mass is 32.2. The van der Waals surface area contributed by atoms with Crippen molar-refractivity contribution in [2.45, 2.75) is 39.2 Å². The van der Waals surface area contributed by atoms with Gasteiger partial charge in [-0.1, -0.05) is 30.3 Å². The second kappa shape index (κ2) is 10.1. The number of nitrogens with zero attached hydrogens (tertiary/aromatic N) is 2. The van der Waals surface area contributed by atoms with Gasteiger partial charge in [0, 0.05) is 18.3 Å². The summed E-state index contributed by atoms with van der Waals surface area (Å²) in [7, 11) is -4.05. The van der Waals surface area contributed by atoms with Crippen LogP contribution in [0.1, 0.15) is 38.7 Å². The van der Waals surface area contributed by atoms with E-state index in [0.717, 1.165) is 22.6 Å². The van der Waals surface area contributed by atoms with Crippen molar-refractivity contribution in [1.29, 1.82) is 0 Å². The summed E-state index contributed by atoms with van der Waals surface area (Å²) in [5.41, 5.74) is 1.13. The van der Waals surface area contributed by atoms with Crippen LogP contribution in [0, 0.1) is 11.7 Å². The predicted octanol–water partition coefficient (Wildman–Crippen LogP) is 4.20. The highest BCUT2D eigenvalue weighted by Crippen LogP contribution is 2.31. The first-order valence-electron chi connectivity index (χ1n) is 10.5. The number of hydrogen-bond donors (Lipinski definition) is 0. The number of carbonyl (C=O) groups is 2. The molecule has 0 saturated heterocycles. The standard InChI is InChI=1S/C24H27FN2O4S/c1-18(2)27(22-12-10-21(25)11-13-22)24(29)16-23(28)26(17-20-8-9-20)32(30,31)15-14-19-6-4-3-5-7-19/h3-7,10-15,18,20H,8-9,16-17H2,1-2H3/b15-14+. The van der Waals surface area contributed by atoms with Crippen LogP contribution in [0.3, 0.4) is 0 Å². The summed E-state index contributed by atoms with van der Waals surface area (Å²) in [6, 6.07) is 14.0. The minimum absolute atomic E-state index is 0.0613. The zero-order valence-electron chi connectivity index (χ0n) is 18.1. The van der Waals surface area contributed by atoms with Crippen LogP contribution < -0.4 is 4.90 Å². The van der Waals surface area contributed by atoms with Crippen molar-refractivity contribution < 1.29 is 22.4 Å². The van der Waals surface area contributed by atoms with Crippen LogP contribution in [-0.4, -0.2) is 37.1 Å². The molecule has 0 spiro atoms. The Morgan fingerprint density at radius 2 is 1.66 bits per heavy atom. The molecule has 3 rings (SSSR count). The lowest BCUT2D eigenvalue weighted by atomic mass is 10.2. The van der Waals surface area contributed by atoms with Crippen LogP contribution in [0.2, 0.25) is 0 Å². The van der Waals surface area contributed by atoms with Crippen molar-refractivity contribution in [3.05, 3.63) is 71.4 Å². The molecule has 2 aromatic rings. The summed E-state index contributed by atoms with van der Waals surface area (Å²) in [6.07, 6.45) is 2.54. The molecular formula is C24H27FN2O4S. The number of benzene rings is 2. The first kappa shape index (κ1) is 23.7. The molecule has 1 aliphatic carbocycles. The monoisotopic (exact) mass is 458 g/mol. The Kier molecular flexibility index (Phi) is 7.45. The number of carbonyl (C=O) groups excluding carboxylic acids is 2. The Balaban J connectivity index is 1.79. The molecule has 0 aliphatic heterocycles. The third kappa shape index (κ3) is 6.26. The fourth-order valence-electron chi connectivity index (χ4n) is 3.32. The van der Waals surface area contributed by atoms with E-state index in [1.54, 1.807) is 38.1 Å². The number of amides is 2. The topological polar surface area (TPSA) is 74.8 Å². The van der Waals surface area contributed by atoms with Gasteiger partial charge in [0.2, 0.25) is 11.8 Å². The number of halogens is 1. The minimum Gasteiger partial charge on any atom is -0.309 e. The fraction of sp³-hybridized carbons (Fsp3) is 0.333. The van der Waals surface area contributed by atoms with E-state index >= 15 is 0 Å². The summed E-state index contributed by atoms with van der Waals surface area (Å²) in [6.45, 7) is 3.60. The predicted molar refractivity (Wildman–Crippen MR) is 122 cm³/mol. The zero-order chi connectivity index (χ0) is 23.3. The van der Waals surface area contributed by atoms with Gasteiger partial charge in [-0.05, 0) is 68.5 Å². The fourth-order valence-corrected chi connectivity index (χ4v) is 4.56. The molecule has 0 heterocycles. The molecular weight excluding hydrogens is 431 g/mol. The molecule has 1 saturated carbocycles. The van der Waals surface area contributed by atoms with Crippen molar-refractivity contribution in [3.63, 3.8) is 0 Å². The van der Waals surface area contributed by atoms with E-state index < -0.39 is 34.1 Å². The van der Waals surface area contributed by atoms with Gasteiger partial charge in [0.05, 0.1) is 5.41 Å². The average molecular weight is 459 g/mol. The molecule has 1 fully saturated rings. The number of anilines is 1. The van der Waals surface area contributed by atoms with Gasteiger partial charge in [0.25, 0.3) is 10.0 Å². The highest BCUT2D eigenvalue weighted by molar-refractivity contribution is 7.92. The van der Waals surface area contributed by atoms with E-state index in [1.165, 1.54) is 35.2 Å². The summed E-state index contributed by atoms with van der Waals surface area (Å²) >= 11 is 0. The van der Waals surface area contributed by atoms with Crippen molar-refractivity contribution in [2.24, 2.45) is 5.92 Å². The van der Waals surface area contributed by atoms with Gasteiger partial charge in [-0.15, -0.1) is 0 Å². The van der Waals surface area contributed by atoms with E-state index in [9.17, 15) is 22.4 Å². The average Bonchev–Trinajstić information content (AvgIpc) is 3.57. The van der Waals surface area contributed by atoms with Gasteiger partial charge >= 0.3 is 0 Å². The van der Waals surface area contributed by atoms with Crippen molar-refractivity contribution in [3.8, 4) is 0 Å². The maximum absolute atomic E-state index is 13.3.